The predicted molar refractivity (Wildman–Crippen MR) is 80.2 cm³/mol. The zero-order valence-corrected chi connectivity index (χ0v) is 13.0. The number of ether oxygens (including phenoxy) is 1. The van der Waals surface area contributed by atoms with Gasteiger partial charge in [0.2, 0.25) is 0 Å². The third-order valence-electron chi connectivity index (χ3n) is 2.69. The lowest BCUT2D eigenvalue weighted by Crippen LogP contribution is -2.18. The number of hydrogen-bond acceptors (Lipinski definition) is 5. The standard InChI is InChI=1S/C13H17ClN4OS/c1-18-13(16-9-17-18)20-12-4-3-11(14)7-10(12)8-15-5-6-19-2/h3-4,7,9,15H,5-6,8H2,1-2H3. The minimum atomic E-state index is 0.687. The summed E-state index contributed by atoms with van der Waals surface area (Å²) in [6.07, 6.45) is 1.55. The molecule has 0 fully saturated rings. The van der Waals surface area contributed by atoms with Gasteiger partial charge in [-0.3, -0.25) is 0 Å². The van der Waals surface area contributed by atoms with E-state index in [0.29, 0.717) is 6.61 Å². The third-order valence-corrected chi connectivity index (χ3v) is 4.10. The first-order valence-corrected chi connectivity index (χ1v) is 7.40. The first-order chi connectivity index (χ1) is 9.70. The normalized spacial score (nSPS) is 10.9. The van der Waals surface area contributed by atoms with Crippen LogP contribution in [0.4, 0.5) is 0 Å². The maximum Gasteiger partial charge on any atom is 0.190 e. The number of aromatic nitrogens is 3. The van der Waals surface area contributed by atoms with Crippen LogP contribution in [0.3, 0.4) is 0 Å². The van der Waals surface area contributed by atoms with Crippen LogP contribution in [-0.4, -0.2) is 35.0 Å². The number of halogens is 1. The highest BCUT2D eigenvalue weighted by molar-refractivity contribution is 7.99. The van der Waals surface area contributed by atoms with E-state index in [4.69, 9.17) is 16.3 Å². The van der Waals surface area contributed by atoms with Gasteiger partial charge in [-0.15, -0.1) is 0 Å². The Morgan fingerprint density at radius 3 is 3.00 bits per heavy atom. The fourth-order valence-corrected chi connectivity index (χ4v) is 2.73. The van der Waals surface area contributed by atoms with Crippen LogP contribution in [0.1, 0.15) is 5.56 Å². The number of aryl methyl sites for hydroxylation is 1. The highest BCUT2D eigenvalue weighted by Gasteiger charge is 2.09. The van der Waals surface area contributed by atoms with E-state index in [1.807, 2.05) is 25.2 Å². The van der Waals surface area contributed by atoms with Crippen LogP contribution in [0.25, 0.3) is 0 Å². The Kier molecular flexibility index (Phi) is 5.85. The SMILES string of the molecule is COCCNCc1cc(Cl)ccc1Sc1ncnn1C. The van der Waals surface area contributed by atoms with Crippen molar-refractivity contribution in [3.05, 3.63) is 35.1 Å². The van der Waals surface area contributed by atoms with Crippen molar-refractivity contribution in [3.8, 4) is 0 Å². The molecule has 0 spiro atoms. The van der Waals surface area contributed by atoms with E-state index in [-0.39, 0.29) is 0 Å². The second kappa shape index (κ2) is 7.64. The van der Waals surface area contributed by atoms with Gasteiger partial charge < -0.3 is 10.1 Å². The van der Waals surface area contributed by atoms with Crippen molar-refractivity contribution >= 4 is 23.4 Å². The van der Waals surface area contributed by atoms with Gasteiger partial charge in [0.05, 0.1) is 6.61 Å². The van der Waals surface area contributed by atoms with Crippen molar-refractivity contribution in [2.24, 2.45) is 7.05 Å². The summed E-state index contributed by atoms with van der Waals surface area (Å²) in [4.78, 5) is 5.35. The molecule has 7 heteroatoms. The number of methoxy groups -OCH3 is 1. The molecule has 0 unspecified atom stereocenters. The van der Waals surface area contributed by atoms with Gasteiger partial charge in [-0.25, -0.2) is 9.67 Å². The lowest BCUT2D eigenvalue weighted by Gasteiger charge is -2.10. The Balaban J connectivity index is 2.09. The largest absolute Gasteiger partial charge is 0.383 e. The van der Waals surface area contributed by atoms with Crippen LogP contribution < -0.4 is 5.32 Å². The van der Waals surface area contributed by atoms with Crippen LogP contribution in [0.2, 0.25) is 5.02 Å². The van der Waals surface area contributed by atoms with E-state index in [2.05, 4.69) is 15.4 Å². The van der Waals surface area contributed by atoms with E-state index in [0.717, 1.165) is 33.7 Å². The molecule has 0 aliphatic heterocycles. The molecule has 108 valence electrons. The summed E-state index contributed by atoms with van der Waals surface area (Å²) in [5, 5.41) is 8.98. The molecule has 2 rings (SSSR count). The second-order valence-corrected chi connectivity index (χ2v) is 5.64. The van der Waals surface area contributed by atoms with E-state index >= 15 is 0 Å². The fourth-order valence-electron chi connectivity index (χ4n) is 1.66. The van der Waals surface area contributed by atoms with Crippen molar-refractivity contribution < 1.29 is 4.74 Å². The molecular weight excluding hydrogens is 296 g/mol. The molecule has 0 saturated carbocycles. The van der Waals surface area contributed by atoms with Gasteiger partial charge in [-0.1, -0.05) is 11.6 Å². The van der Waals surface area contributed by atoms with Crippen LogP contribution in [0.15, 0.2) is 34.6 Å². The number of hydrogen-bond donors (Lipinski definition) is 1. The van der Waals surface area contributed by atoms with Gasteiger partial charge in [0, 0.05) is 37.2 Å². The molecule has 0 aliphatic carbocycles. The van der Waals surface area contributed by atoms with Crippen molar-refractivity contribution in [3.63, 3.8) is 0 Å². The average molecular weight is 313 g/mol. The molecule has 0 bridgehead atoms. The average Bonchev–Trinajstić information content (AvgIpc) is 2.83. The molecule has 5 nitrogen and oxygen atoms in total. The molecule has 2 aromatic rings. The van der Waals surface area contributed by atoms with Gasteiger partial charge in [0.25, 0.3) is 0 Å². The van der Waals surface area contributed by atoms with Crippen molar-refractivity contribution in [1.82, 2.24) is 20.1 Å². The molecule has 0 atom stereocenters. The molecule has 1 heterocycles. The highest BCUT2D eigenvalue weighted by atomic mass is 35.5. The third kappa shape index (κ3) is 4.21. The van der Waals surface area contributed by atoms with Gasteiger partial charge in [0.15, 0.2) is 5.16 Å². The van der Waals surface area contributed by atoms with Gasteiger partial charge >= 0.3 is 0 Å². The van der Waals surface area contributed by atoms with E-state index in [9.17, 15) is 0 Å². The summed E-state index contributed by atoms with van der Waals surface area (Å²) in [5.41, 5.74) is 1.14. The first-order valence-electron chi connectivity index (χ1n) is 6.20. The quantitative estimate of drug-likeness (QED) is 0.795. The van der Waals surface area contributed by atoms with Gasteiger partial charge in [0.1, 0.15) is 6.33 Å². The number of benzene rings is 1. The molecule has 1 aromatic carbocycles. The zero-order valence-electron chi connectivity index (χ0n) is 11.5. The summed E-state index contributed by atoms with van der Waals surface area (Å²) < 4.78 is 6.77. The van der Waals surface area contributed by atoms with Gasteiger partial charge in [-0.05, 0) is 35.5 Å². The molecule has 0 saturated heterocycles. The minimum absolute atomic E-state index is 0.687. The Morgan fingerprint density at radius 1 is 1.45 bits per heavy atom. The fraction of sp³-hybridized carbons (Fsp3) is 0.385. The molecule has 0 radical (unpaired) electrons. The number of nitrogens with one attached hydrogen (secondary N) is 1. The van der Waals surface area contributed by atoms with Crippen LogP contribution in [0.5, 0.6) is 0 Å². The van der Waals surface area contributed by atoms with Crippen LogP contribution >= 0.6 is 23.4 Å². The minimum Gasteiger partial charge on any atom is -0.383 e. The zero-order chi connectivity index (χ0) is 14.4. The van der Waals surface area contributed by atoms with Crippen LogP contribution in [-0.2, 0) is 18.3 Å². The van der Waals surface area contributed by atoms with Crippen molar-refractivity contribution in [2.45, 2.75) is 16.6 Å². The van der Waals surface area contributed by atoms with Crippen molar-refractivity contribution in [2.75, 3.05) is 20.3 Å². The summed E-state index contributed by atoms with van der Waals surface area (Å²) in [7, 11) is 3.57. The van der Waals surface area contributed by atoms with Crippen LogP contribution in [0, 0.1) is 0 Å². The molecule has 0 aliphatic rings. The number of nitrogens with zero attached hydrogens (tertiary/aromatic N) is 3. The lowest BCUT2D eigenvalue weighted by molar-refractivity contribution is 0.199. The maximum absolute atomic E-state index is 6.08. The summed E-state index contributed by atoms with van der Waals surface area (Å²) >= 11 is 7.65. The Bertz CT molecular complexity index is 561. The molecule has 1 N–H and O–H groups in total. The monoisotopic (exact) mass is 312 g/mol. The molecule has 0 amide bonds. The number of rotatable bonds is 7. The summed E-state index contributed by atoms with van der Waals surface area (Å²) in [6.45, 7) is 2.23. The summed E-state index contributed by atoms with van der Waals surface area (Å²) in [6, 6.07) is 5.87. The molecular formula is C13H17ClN4OS. The first kappa shape index (κ1) is 15.3. The Labute approximate surface area is 127 Å². The lowest BCUT2D eigenvalue weighted by atomic mass is 10.2. The smallest absolute Gasteiger partial charge is 0.190 e. The topological polar surface area (TPSA) is 52.0 Å². The summed E-state index contributed by atoms with van der Waals surface area (Å²) in [5.74, 6) is 0. The highest BCUT2D eigenvalue weighted by Crippen LogP contribution is 2.30. The Hall–Kier alpha value is -1.08. The molecule has 20 heavy (non-hydrogen) atoms. The van der Waals surface area contributed by atoms with Crippen molar-refractivity contribution in [1.29, 1.82) is 0 Å². The second-order valence-electron chi connectivity index (χ2n) is 4.19. The van der Waals surface area contributed by atoms with E-state index in [1.165, 1.54) is 0 Å². The van der Waals surface area contributed by atoms with Gasteiger partial charge in [-0.2, -0.15) is 5.10 Å². The molecule has 1 aromatic heterocycles. The van der Waals surface area contributed by atoms with E-state index < -0.39 is 0 Å². The Morgan fingerprint density at radius 2 is 2.30 bits per heavy atom. The predicted octanol–water partition coefficient (Wildman–Crippen LogP) is 2.36. The maximum atomic E-state index is 6.08. The van der Waals surface area contributed by atoms with E-state index in [1.54, 1.807) is 29.9 Å².